The molecule has 0 bridgehead atoms. The Morgan fingerprint density at radius 2 is 1.65 bits per heavy atom. The fourth-order valence-electron chi connectivity index (χ4n) is 3.84. The van der Waals surface area contributed by atoms with Gasteiger partial charge in [0, 0.05) is 18.7 Å². The van der Waals surface area contributed by atoms with Crippen LogP contribution in [0.1, 0.15) is 44.7 Å². The topological polar surface area (TPSA) is 105 Å². The third-order valence-electron chi connectivity index (χ3n) is 6.19. The molecule has 204 valence electrons. The number of ether oxygens (including phenoxy) is 2. The van der Waals surface area contributed by atoms with Crippen LogP contribution in [-0.2, 0) is 26.2 Å². The summed E-state index contributed by atoms with van der Waals surface area (Å²) < 4.78 is 37.4. The number of sulfonamides is 1. The van der Waals surface area contributed by atoms with E-state index in [2.05, 4.69) is 5.32 Å². The van der Waals surface area contributed by atoms with E-state index in [0.29, 0.717) is 12.2 Å². The van der Waals surface area contributed by atoms with Crippen LogP contribution in [0.2, 0.25) is 0 Å². The lowest BCUT2D eigenvalue weighted by molar-refractivity contribution is -0.140. The van der Waals surface area contributed by atoms with E-state index in [0.717, 1.165) is 28.1 Å². The summed E-state index contributed by atoms with van der Waals surface area (Å²) in [5, 5.41) is 2.96. The minimum Gasteiger partial charge on any atom is -0.497 e. The Bertz CT molecular complexity index is 1170. The second kappa shape index (κ2) is 13.3. The smallest absolute Gasteiger partial charge is 0.244 e. The van der Waals surface area contributed by atoms with Crippen molar-refractivity contribution in [2.45, 2.75) is 59.2 Å². The Labute approximate surface area is 220 Å². The van der Waals surface area contributed by atoms with Gasteiger partial charge >= 0.3 is 0 Å². The molecule has 10 heteroatoms. The van der Waals surface area contributed by atoms with Gasteiger partial charge in [-0.15, -0.1) is 0 Å². The molecule has 0 unspecified atom stereocenters. The standard InChI is InChI=1S/C27H39N3O6S/c1-8-20(4)28-27(32)23(9-2)29(17-21-12-10-19(3)11-13-21)26(31)18-30(37(7,33)34)24-16-22(35-5)14-15-25(24)36-6/h10-16,20,23H,8-9,17-18H2,1-7H3,(H,28,32)/t20-,23-/m0/s1. The highest BCUT2D eigenvalue weighted by Crippen LogP contribution is 2.34. The number of carbonyl (C=O) groups excluding carboxylic acids is 2. The number of benzene rings is 2. The van der Waals surface area contributed by atoms with Crippen LogP contribution in [0.4, 0.5) is 5.69 Å². The van der Waals surface area contributed by atoms with Gasteiger partial charge < -0.3 is 19.7 Å². The number of hydrogen-bond acceptors (Lipinski definition) is 6. The van der Waals surface area contributed by atoms with Crippen LogP contribution in [0.3, 0.4) is 0 Å². The first-order valence-electron chi connectivity index (χ1n) is 12.3. The number of nitrogens with zero attached hydrogens (tertiary/aromatic N) is 2. The van der Waals surface area contributed by atoms with Gasteiger partial charge in [-0.1, -0.05) is 43.7 Å². The van der Waals surface area contributed by atoms with Gasteiger partial charge in [-0.3, -0.25) is 13.9 Å². The normalized spacial score (nSPS) is 12.8. The van der Waals surface area contributed by atoms with Crippen molar-refractivity contribution in [3.05, 3.63) is 53.6 Å². The second-order valence-electron chi connectivity index (χ2n) is 9.06. The first kappa shape index (κ1) is 30.0. The number of nitrogens with one attached hydrogen (secondary N) is 1. The van der Waals surface area contributed by atoms with Crippen molar-refractivity contribution in [2.24, 2.45) is 0 Å². The SMILES string of the molecule is CC[C@H](C)NC(=O)[C@H](CC)N(Cc1ccc(C)cc1)C(=O)CN(c1cc(OC)ccc1OC)S(C)(=O)=O. The molecule has 0 aliphatic rings. The minimum atomic E-state index is -3.91. The Morgan fingerprint density at radius 1 is 1.00 bits per heavy atom. The predicted octanol–water partition coefficient (Wildman–Crippen LogP) is 3.50. The average molecular weight is 534 g/mol. The van der Waals surface area contributed by atoms with Crippen molar-refractivity contribution < 1.29 is 27.5 Å². The van der Waals surface area contributed by atoms with E-state index in [1.165, 1.54) is 25.2 Å². The van der Waals surface area contributed by atoms with Crippen LogP contribution < -0.4 is 19.1 Å². The molecule has 0 saturated heterocycles. The van der Waals surface area contributed by atoms with Gasteiger partial charge in [0.2, 0.25) is 21.8 Å². The third kappa shape index (κ3) is 8.11. The minimum absolute atomic E-state index is 0.0635. The maximum atomic E-state index is 13.8. The molecule has 0 aromatic heterocycles. The van der Waals surface area contributed by atoms with E-state index in [9.17, 15) is 18.0 Å². The van der Waals surface area contributed by atoms with Crippen LogP contribution in [0.15, 0.2) is 42.5 Å². The summed E-state index contributed by atoms with van der Waals surface area (Å²) in [6.45, 7) is 7.30. The molecule has 0 spiro atoms. The van der Waals surface area contributed by atoms with Gasteiger partial charge in [-0.05, 0) is 44.4 Å². The molecule has 2 aromatic rings. The number of anilines is 1. The molecule has 0 aliphatic carbocycles. The number of methoxy groups -OCH3 is 2. The Hall–Kier alpha value is -3.27. The van der Waals surface area contributed by atoms with Crippen LogP contribution in [-0.4, -0.2) is 64.2 Å². The van der Waals surface area contributed by atoms with Crippen molar-refractivity contribution in [3.8, 4) is 11.5 Å². The molecule has 37 heavy (non-hydrogen) atoms. The van der Waals surface area contributed by atoms with Gasteiger partial charge in [0.15, 0.2) is 0 Å². The molecule has 0 heterocycles. The Kier molecular flexibility index (Phi) is 10.8. The summed E-state index contributed by atoms with van der Waals surface area (Å²) in [6.07, 6.45) is 2.13. The molecular weight excluding hydrogens is 494 g/mol. The van der Waals surface area contributed by atoms with Gasteiger partial charge in [0.05, 0.1) is 26.2 Å². The van der Waals surface area contributed by atoms with Crippen molar-refractivity contribution >= 4 is 27.5 Å². The molecule has 0 saturated carbocycles. The number of hydrogen-bond donors (Lipinski definition) is 1. The van der Waals surface area contributed by atoms with E-state index < -0.39 is 28.5 Å². The maximum absolute atomic E-state index is 13.8. The molecule has 0 radical (unpaired) electrons. The first-order chi connectivity index (χ1) is 17.4. The first-order valence-corrected chi connectivity index (χ1v) is 14.1. The van der Waals surface area contributed by atoms with Crippen LogP contribution in [0, 0.1) is 6.92 Å². The summed E-state index contributed by atoms with van der Waals surface area (Å²) >= 11 is 0. The molecule has 2 atom stereocenters. The van der Waals surface area contributed by atoms with E-state index in [1.54, 1.807) is 12.1 Å². The highest BCUT2D eigenvalue weighted by Gasteiger charge is 2.33. The second-order valence-corrected chi connectivity index (χ2v) is 11.0. The quantitative estimate of drug-likeness (QED) is 0.423. The highest BCUT2D eigenvalue weighted by molar-refractivity contribution is 7.92. The van der Waals surface area contributed by atoms with Gasteiger partial charge in [-0.25, -0.2) is 8.42 Å². The van der Waals surface area contributed by atoms with Crippen LogP contribution >= 0.6 is 0 Å². The van der Waals surface area contributed by atoms with Crippen molar-refractivity contribution in [2.75, 3.05) is 31.3 Å². The molecule has 0 aliphatic heterocycles. The molecule has 2 aromatic carbocycles. The molecule has 0 fully saturated rings. The fourth-order valence-corrected chi connectivity index (χ4v) is 4.68. The number of rotatable bonds is 13. The largest absolute Gasteiger partial charge is 0.497 e. The van der Waals surface area contributed by atoms with Crippen molar-refractivity contribution in [3.63, 3.8) is 0 Å². The summed E-state index contributed by atoms with van der Waals surface area (Å²) in [6, 6.07) is 11.5. The summed E-state index contributed by atoms with van der Waals surface area (Å²) in [5.41, 5.74) is 2.07. The van der Waals surface area contributed by atoms with E-state index in [4.69, 9.17) is 9.47 Å². The van der Waals surface area contributed by atoms with Crippen molar-refractivity contribution in [1.29, 1.82) is 0 Å². The van der Waals surface area contributed by atoms with Crippen LogP contribution in [0.25, 0.3) is 0 Å². The summed E-state index contributed by atoms with van der Waals surface area (Å²) in [4.78, 5) is 28.5. The molecular formula is C27H39N3O6S. The number of amides is 2. The monoisotopic (exact) mass is 533 g/mol. The lowest BCUT2D eigenvalue weighted by atomic mass is 10.1. The molecule has 1 N–H and O–H groups in total. The predicted molar refractivity (Wildman–Crippen MR) is 145 cm³/mol. The zero-order chi connectivity index (χ0) is 27.8. The van der Waals surface area contributed by atoms with Crippen molar-refractivity contribution in [1.82, 2.24) is 10.2 Å². The lowest BCUT2D eigenvalue weighted by Crippen LogP contribution is -2.53. The molecule has 9 nitrogen and oxygen atoms in total. The third-order valence-corrected chi connectivity index (χ3v) is 7.32. The fraction of sp³-hybridized carbons (Fsp3) is 0.481. The number of aryl methyl sites for hydroxylation is 1. The van der Waals surface area contributed by atoms with E-state index in [1.807, 2.05) is 52.0 Å². The van der Waals surface area contributed by atoms with E-state index in [-0.39, 0.29) is 29.9 Å². The van der Waals surface area contributed by atoms with Gasteiger partial charge in [0.25, 0.3) is 0 Å². The Morgan fingerprint density at radius 3 is 2.16 bits per heavy atom. The molecule has 2 rings (SSSR count). The maximum Gasteiger partial charge on any atom is 0.244 e. The van der Waals surface area contributed by atoms with Gasteiger partial charge in [0.1, 0.15) is 24.1 Å². The Balaban J connectivity index is 2.52. The van der Waals surface area contributed by atoms with E-state index >= 15 is 0 Å². The average Bonchev–Trinajstić information content (AvgIpc) is 2.86. The lowest BCUT2D eigenvalue weighted by Gasteiger charge is -2.33. The zero-order valence-corrected chi connectivity index (χ0v) is 23.6. The summed E-state index contributed by atoms with van der Waals surface area (Å²) in [5.74, 6) is -0.109. The highest BCUT2D eigenvalue weighted by atomic mass is 32.2. The summed E-state index contributed by atoms with van der Waals surface area (Å²) in [7, 11) is -1.02. The zero-order valence-electron chi connectivity index (χ0n) is 22.8. The number of carbonyl (C=O) groups is 2. The van der Waals surface area contributed by atoms with Gasteiger partial charge in [-0.2, -0.15) is 0 Å². The molecule has 2 amide bonds. The van der Waals surface area contributed by atoms with Crippen LogP contribution in [0.5, 0.6) is 11.5 Å².